The van der Waals surface area contributed by atoms with Gasteiger partial charge in [-0.2, -0.15) is 10.2 Å². The zero-order valence-electron chi connectivity index (χ0n) is 19.7. The van der Waals surface area contributed by atoms with E-state index in [2.05, 4.69) is 39.4 Å². The Kier molecular flexibility index (Phi) is 6.21. The first-order valence-electron chi connectivity index (χ1n) is 11.7. The largest absolute Gasteiger partial charge is 0.369 e. The molecule has 2 aliphatic rings. The zero-order chi connectivity index (χ0) is 24.0. The highest BCUT2D eigenvalue weighted by atomic mass is 32.1. The smallest absolute Gasteiger partial charge is 0.169 e. The SMILES string of the molecule is Cn1ncc(NC(O)c2csc(-c3n[nH]c4c3CCC(C)(C)C4)n2)c1[C@@H]1CC[C@@H](N)[C@H](F)CO1. The third-order valence-electron chi connectivity index (χ3n) is 6.93. The van der Waals surface area contributed by atoms with E-state index in [1.165, 1.54) is 22.6 Å². The van der Waals surface area contributed by atoms with Crippen molar-refractivity contribution in [3.05, 3.63) is 34.2 Å². The van der Waals surface area contributed by atoms with Crippen molar-refractivity contribution in [1.29, 1.82) is 0 Å². The molecular weight excluding hydrogens is 457 g/mol. The molecule has 1 saturated heterocycles. The molecule has 0 amide bonds. The fourth-order valence-corrected chi connectivity index (χ4v) is 5.71. The minimum atomic E-state index is -1.19. The van der Waals surface area contributed by atoms with E-state index in [0.717, 1.165) is 35.7 Å². The normalized spacial score (nSPS) is 25.5. The number of hydrogen-bond acceptors (Lipinski definition) is 8. The number of aryl methyl sites for hydroxylation is 1. The summed E-state index contributed by atoms with van der Waals surface area (Å²) in [6, 6.07) is -0.535. The summed E-state index contributed by atoms with van der Waals surface area (Å²) in [4.78, 5) is 4.68. The quantitative estimate of drug-likeness (QED) is 0.405. The van der Waals surface area contributed by atoms with Crippen LogP contribution in [0.25, 0.3) is 10.7 Å². The van der Waals surface area contributed by atoms with Crippen LogP contribution in [0.3, 0.4) is 0 Å². The first-order chi connectivity index (χ1) is 16.2. The Bertz CT molecular complexity index is 1140. The summed E-state index contributed by atoms with van der Waals surface area (Å²) in [7, 11) is 1.80. The second-order valence-corrected chi connectivity index (χ2v) is 11.0. The maximum absolute atomic E-state index is 14.0. The molecule has 0 bridgehead atoms. The molecule has 11 heteroatoms. The topological polar surface area (TPSA) is 127 Å². The Hall–Kier alpha value is -2.34. The third kappa shape index (κ3) is 4.49. The van der Waals surface area contributed by atoms with Gasteiger partial charge in [-0.05, 0) is 37.5 Å². The number of nitrogens with two attached hydrogens (primary N) is 1. The molecule has 3 aromatic rings. The third-order valence-corrected chi connectivity index (χ3v) is 7.80. The number of nitrogens with one attached hydrogen (secondary N) is 2. The number of nitrogens with zero attached hydrogens (tertiary/aromatic N) is 4. The van der Waals surface area contributed by atoms with Gasteiger partial charge in [0.2, 0.25) is 0 Å². The predicted octanol–water partition coefficient (Wildman–Crippen LogP) is 3.40. The number of anilines is 1. The molecule has 5 N–H and O–H groups in total. The van der Waals surface area contributed by atoms with E-state index in [9.17, 15) is 9.50 Å². The number of rotatable bonds is 5. The second kappa shape index (κ2) is 9.03. The van der Waals surface area contributed by atoms with Crippen molar-refractivity contribution in [1.82, 2.24) is 25.0 Å². The molecule has 3 aromatic heterocycles. The standard InChI is InChI=1S/C23H32FN7O2S/c1-23(2)7-6-12-15(8-23)29-30-19(12)22-28-17(11-34-22)21(32)27-16-9-26-31(3)20(16)18-5-4-14(25)13(24)10-33-18/h9,11,13-14,18,21,27,32H,4-8,10,25H2,1-3H3,(H,29,30)/t13-,14-,18+,21?/m1/s1. The number of aromatic amines is 1. The van der Waals surface area contributed by atoms with E-state index in [1.807, 2.05) is 5.38 Å². The van der Waals surface area contributed by atoms with Gasteiger partial charge in [0.25, 0.3) is 0 Å². The predicted molar refractivity (Wildman–Crippen MR) is 128 cm³/mol. The molecule has 1 unspecified atom stereocenters. The van der Waals surface area contributed by atoms with Crippen molar-refractivity contribution < 1.29 is 14.2 Å². The Balaban J connectivity index is 1.33. The number of ether oxygens (including phenoxy) is 1. The van der Waals surface area contributed by atoms with Crippen LogP contribution in [0.2, 0.25) is 0 Å². The molecule has 4 atom stereocenters. The van der Waals surface area contributed by atoms with Gasteiger partial charge in [-0.15, -0.1) is 11.3 Å². The van der Waals surface area contributed by atoms with Crippen LogP contribution in [0.4, 0.5) is 10.1 Å². The van der Waals surface area contributed by atoms with Crippen LogP contribution < -0.4 is 11.1 Å². The molecule has 0 spiro atoms. The van der Waals surface area contributed by atoms with Crippen molar-refractivity contribution >= 4 is 17.0 Å². The highest BCUT2D eigenvalue weighted by Crippen LogP contribution is 2.39. The van der Waals surface area contributed by atoms with E-state index in [4.69, 9.17) is 10.5 Å². The molecular formula is C23H32FN7O2S. The maximum Gasteiger partial charge on any atom is 0.169 e. The van der Waals surface area contributed by atoms with Gasteiger partial charge in [0.1, 0.15) is 28.7 Å². The van der Waals surface area contributed by atoms with Gasteiger partial charge in [0.15, 0.2) is 6.23 Å². The average Bonchev–Trinajstić information content (AvgIpc) is 3.49. The highest BCUT2D eigenvalue weighted by molar-refractivity contribution is 7.13. The van der Waals surface area contributed by atoms with Crippen LogP contribution in [-0.2, 0) is 24.6 Å². The lowest BCUT2D eigenvalue weighted by molar-refractivity contribution is 0.0246. The van der Waals surface area contributed by atoms with Gasteiger partial charge in [0, 0.05) is 29.7 Å². The number of alkyl halides is 1. The van der Waals surface area contributed by atoms with Gasteiger partial charge in [-0.1, -0.05) is 13.8 Å². The molecule has 4 heterocycles. The molecule has 0 aromatic carbocycles. The average molecular weight is 490 g/mol. The van der Waals surface area contributed by atoms with Crippen LogP contribution in [0.1, 0.15) is 68.1 Å². The molecule has 5 rings (SSSR count). The van der Waals surface area contributed by atoms with E-state index < -0.39 is 18.4 Å². The molecule has 9 nitrogen and oxygen atoms in total. The summed E-state index contributed by atoms with van der Waals surface area (Å²) < 4.78 is 21.5. The van der Waals surface area contributed by atoms with Crippen LogP contribution in [0, 0.1) is 5.41 Å². The lowest BCUT2D eigenvalue weighted by atomic mass is 9.76. The number of hydrogen-bond donors (Lipinski definition) is 4. The summed E-state index contributed by atoms with van der Waals surface area (Å²) in [5.41, 5.74) is 11.3. The summed E-state index contributed by atoms with van der Waals surface area (Å²) in [5.74, 6) is 0. The summed E-state index contributed by atoms with van der Waals surface area (Å²) >= 11 is 1.46. The maximum atomic E-state index is 14.0. The first kappa shape index (κ1) is 23.4. The van der Waals surface area contributed by atoms with E-state index >= 15 is 0 Å². The summed E-state index contributed by atoms with van der Waals surface area (Å²) in [6.45, 7) is 4.49. The van der Waals surface area contributed by atoms with Gasteiger partial charge in [-0.25, -0.2) is 9.37 Å². The molecule has 0 saturated carbocycles. The first-order valence-corrected chi connectivity index (χ1v) is 12.6. The van der Waals surface area contributed by atoms with Crippen LogP contribution in [0.5, 0.6) is 0 Å². The lowest BCUT2D eigenvalue weighted by Crippen LogP contribution is -2.32. The number of aromatic nitrogens is 5. The van der Waals surface area contributed by atoms with Gasteiger partial charge >= 0.3 is 0 Å². The lowest BCUT2D eigenvalue weighted by Gasteiger charge is -2.28. The molecule has 184 valence electrons. The van der Waals surface area contributed by atoms with Crippen molar-refractivity contribution in [2.75, 3.05) is 11.9 Å². The van der Waals surface area contributed by atoms with Gasteiger partial charge in [-0.3, -0.25) is 9.78 Å². The minimum absolute atomic E-state index is 0.0559. The van der Waals surface area contributed by atoms with E-state index in [0.29, 0.717) is 24.2 Å². The zero-order valence-corrected chi connectivity index (χ0v) is 20.5. The number of aliphatic hydroxyl groups excluding tert-OH is 1. The second-order valence-electron chi connectivity index (χ2n) is 10.1. The number of H-pyrrole nitrogens is 1. The van der Waals surface area contributed by atoms with Crippen molar-refractivity contribution in [2.24, 2.45) is 18.2 Å². The summed E-state index contributed by atoms with van der Waals surface area (Å²) in [6.07, 6.45) is 3.19. The summed E-state index contributed by atoms with van der Waals surface area (Å²) in [5, 5.41) is 28.7. The Morgan fingerprint density at radius 1 is 1.41 bits per heavy atom. The number of thiazole rings is 1. The van der Waals surface area contributed by atoms with Crippen LogP contribution >= 0.6 is 11.3 Å². The molecule has 34 heavy (non-hydrogen) atoms. The van der Waals surface area contributed by atoms with E-state index in [1.54, 1.807) is 17.9 Å². The fourth-order valence-electron chi connectivity index (χ4n) is 4.86. The van der Waals surface area contributed by atoms with Gasteiger partial charge in [0.05, 0.1) is 24.2 Å². The molecule has 1 fully saturated rings. The van der Waals surface area contributed by atoms with Crippen molar-refractivity contribution in [2.45, 2.75) is 70.5 Å². The molecule has 1 aliphatic heterocycles. The van der Waals surface area contributed by atoms with Crippen LogP contribution in [-0.4, -0.2) is 48.9 Å². The Labute approximate surface area is 201 Å². The molecule has 0 radical (unpaired) electrons. The fraction of sp³-hybridized carbons (Fsp3) is 0.609. The Morgan fingerprint density at radius 3 is 3.06 bits per heavy atom. The number of aliphatic hydroxyl groups is 1. The minimum Gasteiger partial charge on any atom is -0.369 e. The van der Waals surface area contributed by atoms with Gasteiger partial charge < -0.3 is 20.9 Å². The molecule has 1 aliphatic carbocycles. The Morgan fingerprint density at radius 2 is 2.24 bits per heavy atom. The van der Waals surface area contributed by atoms with Crippen LogP contribution in [0.15, 0.2) is 11.6 Å². The highest BCUT2D eigenvalue weighted by Gasteiger charge is 2.31. The monoisotopic (exact) mass is 489 g/mol. The van der Waals surface area contributed by atoms with E-state index in [-0.39, 0.29) is 18.1 Å². The van der Waals surface area contributed by atoms with Crippen molar-refractivity contribution in [3.63, 3.8) is 0 Å². The number of fused-ring (bicyclic) bond motifs is 1. The van der Waals surface area contributed by atoms with Crippen molar-refractivity contribution in [3.8, 4) is 10.7 Å². The number of halogens is 1.